The highest BCUT2D eigenvalue weighted by Gasteiger charge is 1.95. The number of nitrogens with one attached hydrogen (secondary N) is 1. The second-order valence-electron chi connectivity index (χ2n) is 2.04. The number of aromatic amines is 1. The van der Waals surface area contributed by atoms with E-state index in [-0.39, 0.29) is 0 Å². The molecule has 11 heavy (non-hydrogen) atoms. The maximum atomic E-state index is 7.48. The zero-order chi connectivity index (χ0) is 8.39. The summed E-state index contributed by atoms with van der Waals surface area (Å²) < 4.78 is 7.48. The molecule has 0 aromatic carbocycles. The summed E-state index contributed by atoms with van der Waals surface area (Å²) in [5.74, 6) is 0. The lowest BCUT2D eigenvalue weighted by molar-refractivity contribution is 1.14. The molecule has 2 heterocycles. The number of H-pyrrole nitrogens is 1. The third kappa shape index (κ3) is 1.12. The summed E-state index contributed by atoms with van der Waals surface area (Å²) in [5, 5.41) is 0. The molecule has 0 saturated heterocycles. The monoisotopic (exact) mass is 145 g/mol. The number of nitrogens with zero attached hydrogens (tertiary/aromatic N) is 2. The number of rotatable bonds is 1. The minimum absolute atomic E-state index is 0.433. The Morgan fingerprint density at radius 1 is 1.64 bits per heavy atom. The molecule has 0 fully saturated rings. The van der Waals surface area contributed by atoms with E-state index < -0.39 is 0 Å². The molecule has 2 aromatic rings. The van der Waals surface area contributed by atoms with Crippen LogP contribution in [-0.2, 0) is 0 Å². The highest BCUT2D eigenvalue weighted by Crippen LogP contribution is 2.10. The summed E-state index contributed by atoms with van der Waals surface area (Å²) >= 11 is 0. The molecule has 0 atom stereocenters. The van der Waals surface area contributed by atoms with E-state index in [2.05, 4.69) is 21.3 Å². The normalized spacial score (nSPS) is 11.1. The SMILES string of the molecule is [2H]c1cc[nH]c1-c1ccn[c]n1. The van der Waals surface area contributed by atoms with Crippen LogP contribution < -0.4 is 0 Å². The van der Waals surface area contributed by atoms with Crippen LogP contribution in [0, 0.1) is 6.33 Å². The van der Waals surface area contributed by atoms with Crippen LogP contribution in [0.1, 0.15) is 1.37 Å². The van der Waals surface area contributed by atoms with Gasteiger partial charge >= 0.3 is 0 Å². The maximum absolute atomic E-state index is 7.48. The fraction of sp³-hybridized carbons (Fsp3) is 0. The highest BCUT2D eigenvalue weighted by atomic mass is 14.8. The number of hydrogen-bond donors (Lipinski definition) is 1. The average Bonchev–Trinajstić information content (AvgIpc) is 2.53. The van der Waals surface area contributed by atoms with Gasteiger partial charge in [0.25, 0.3) is 0 Å². The lowest BCUT2D eigenvalue weighted by Gasteiger charge is -1.92. The molecule has 1 radical (unpaired) electrons. The lowest BCUT2D eigenvalue weighted by atomic mass is 10.3. The lowest BCUT2D eigenvalue weighted by Crippen LogP contribution is -1.82. The van der Waals surface area contributed by atoms with E-state index >= 15 is 0 Å². The largest absolute Gasteiger partial charge is 0.360 e. The maximum Gasteiger partial charge on any atom is 0.198 e. The number of hydrogen-bond acceptors (Lipinski definition) is 2. The predicted octanol–water partition coefficient (Wildman–Crippen LogP) is 1.27. The van der Waals surface area contributed by atoms with Crippen molar-refractivity contribution in [2.24, 2.45) is 0 Å². The molecule has 0 bridgehead atoms. The van der Waals surface area contributed by atoms with Crippen LogP contribution in [0.25, 0.3) is 11.4 Å². The van der Waals surface area contributed by atoms with Gasteiger partial charge in [-0.25, -0.2) is 9.97 Å². The smallest absolute Gasteiger partial charge is 0.198 e. The molecule has 0 aliphatic rings. The van der Waals surface area contributed by atoms with Crippen molar-refractivity contribution in [2.45, 2.75) is 0 Å². The Hall–Kier alpha value is -1.64. The summed E-state index contributed by atoms with van der Waals surface area (Å²) in [6.07, 6.45) is 5.78. The van der Waals surface area contributed by atoms with Gasteiger partial charge in [0.2, 0.25) is 0 Å². The molecule has 0 amide bonds. The third-order valence-corrected chi connectivity index (χ3v) is 1.33. The van der Waals surface area contributed by atoms with E-state index in [4.69, 9.17) is 1.37 Å². The topological polar surface area (TPSA) is 41.6 Å². The molecule has 2 rings (SSSR count). The fourth-order valence-corrected chi connectivity index (χ4v) is 0.840. The molecule has 2 aromatic heterocycles. The van der Waals surface area contributed by atoms with Crippen LogP contribution >= 0.6 is 0 Å². The zero-order valence-corrected chi connectivity index (χ0v) is 5.70. The Morgan fingerprint density at radius 2 is 2.64 bits per heavy atom. The standard InChI is InChI=1S/C8H6N3/c1-2-7(10-4-1)8-3-5-9-6-11-8/h1-5,10H/i2D. The van der Waals surface area contributed by atoms with Crippen molar-refractivity contribution in [1.29, 1.82) is 0 Å². The van der Waals surface area contributed by atoms with Gasteiger partial charge in [-0.3, -0.25) is 0 Å². The van der Waals surface area contributed by atoms with Crippen LogP contribution in [0.5, 0.6) is 0 Å². The first-order valence-corrected chi connectivity index (χ1v) is 3.21. The Bertz CT molecular complexity index is 369. The van der Waals surface area contributed by atoms with Gasteiger partial charge in [-0.05, 0) is 18.2 Å². The van der Waals surface area contributed by atoms with Crippen molar-refractivity contribution in [3.05, 3.63) is 36.9 Å². The van der Waals surface area contributed by atoms with Crippen LogP contribution in [0.4, 0.5) is 0 Å². The molecule has 0 aliphatic carbocycles. The second kappa shape index (κ2) is 2.54. The van der Waals surface area contributed by atoms with Crippen molar-refractivity contribution in [2.75, 3.05) is 0 Å². The molecule has 3 heteroatoms. The van der Waals surface area contributed by atoms with Gasteiger partial charge in [0.05, 0.1) is 12.8 Å². The Balaban J connectivity index is 2.51. The van der Waals surface area contributed by atoms with Crippen molar-refractivity contribution in [3.8, 4) is 11.4 Å². The first kappa shape index (κ1) is 5.07. The van der Waals surface area contributed by atoms with Crippen molar-refractivity contribution in [3.63, 3.8) is 0 Å². The quantitative estimate of drug-likeness (QED) is 0.656. The van der Waals surface area contributed by atoms with Crippen LogP contribution in [0.3, 0.4) is 0 Å². The molecule has 0 unspecified atom stereocenters. The minimum atomic E-state index is 0.433. The molecule has 0 aliphatic heterocycles. The van der Waals surface area contributed by atoms with Gasteiger partial charge in [0.15, 0.2) is 6.33 Å². The first-order chi connectivity index (χ1) is 5.88. The van der Waals surface area contributed by atoms with Gasteiger partial charge in [0, 0.05) is 12.4 Å². The fourth-order valence-electron chi connectivity index (χ4n) is 0.840. The van der Waals surface area contributed by atoms with E-state index in [1.165, 1.54) is 0 Å². The summed E-state index contributed by atoms with van der Waals surface area (Å²) in [4.78, 5) is 10.5. The van der Waals surface area contributed by atoms with Gasteiger partial charge in [-0.15, -0.1) is 0 Å². The van der Waals surface area contributed by atoms with Gasteiger partial charge in [-0.1, -0.05) is 0 Å². The minimum Gasteiger partial charge on any atom is -0.360 e. The molecule has 0 spiro atoms. The van der Waals surface area contributed by atoms with Gasteiger partial charge < -0.3 is 4.98 Å². The molecule has 0 saturated carbocycles. The molecule has 3 nitrogen and oxygen atoms in total. The van der Waals surface area contributed by atoms with E-state index in [9.17, 15) is 0 Å². The zero-order valence-electron chi connectivity index (χ0n) is 6.70. The highest BCUT2D eigenvalue weighted by molar-refractivity contribution is 5.52. The second-order valence-corrected chi connectivity index (χ2v) is 2.04. The first-order valence-electron chi connectivity index (χ1n) is 3.71. The van der Waals surface area contributed by atoms with Gasteiger partial charge in [0.1, 0.15) is 0 Å². The summed E-state index contributed by atoms with van der Waals surface area (Å²) in [7, 11) is 0. The van der Waals surface area contributed by atoms with Crippen LogP contribution in [0.2, 0.25) is 0 Å². The van der Waals surface area contributed by atoms with Gasteiger partial charge in [-0.2, -0.15) is 0 Å². The van der Waals surface area contributed by atoms with Crippen molar-refractivity contribution < 1.29 is 1.37 Å². The van der Waals surface area contributed by atoms with Crippen LogP contribution in [-0.4, -0.2) is 15.0 Å². The molecule has 53 valence electrons. The van der Waals surface area contributed by atoms with E-state index in [1.54, 1.807) is 24.5 Å². The van der Waals surface area contributed by atoms with Crippen LogP contribution in [0.15, 0.2) is 30.6 Å². The molecular formula is C8H6N3. The average molecular weight is 145 g/mol. The Morgan fingerprint density at radius 3 is 3.27 bits per heavy atom. The Kier molecular flexibility index (Phi) is 1.17. The predicted molar refractivity (Wildman–Crippen MR) is 40.7 cm³/mol. The molecule has 1 N–H and O–H groups in total. The summed E-state index contributed by atoms with van der Waals surface area (Å²) in [6, 6.07) is 3.85. The number of aromatic nitrogens is 3. The summed E-state index contributed by atoms with van der Waals surface area (Å²) in [5.41, 5.74) is 1.40. The van der Waals surface area contributed by atoms with E-state index in [0.29, 0.717) is 17.4 Å². The van der Waals surface area contributed by atoms with E-state index in [1.807, 2.05) is 0 Å². The third-order valence-electron chi connectivity index (χ3n) is 1.33. The summed E-state index contributed by atoms with van der Waals surface area (Å²) in [6.45, 7) is 0. The van der Waals surface area contributed by atoms with Crippen molar-refractivity contribution in [1.82, 2.24) is 15.0 Å². The van der Waals surface area contributed by atoms with Crippen molar-refractivity contribution >= 4 is 0 Å². The molecular weight excluding hydrogens is 138 g/mol. The van der Waals surface area contributed by atoms with E-state index in [0.717, 1.165) is 0 Å². The Labute approximate surface area is 65.5 Å².